The first-order chi connectivity index (χ1) is 15.8. The number of hydrogen-bond donors (Lipinski definition) is 2. The molecule has 1 aromatic heterocycles. The van der Waals surface area contributed by atoms with Crippen molar-refractivity contribution >= 4 is 23.1 Å². The van der Waals surface area contributed by atoms with Crippen molar-refractivity contribution in [1.29, 1.82) is 0 Å². The SMILES string of the molecule is Cc1cc(C)cc(-c2ncc(Cl)c(Nc3cc(C)c(C4CCNCC4)cc3OC(C)C)n2)c1. The van der Waals surface area contributed by atoms with E-state index in [1.807, 2.05) is 13.8 Å². The highest BCUT2D eigenvalue weighted by Crippen LogP contribution is 2.38. The summed E-state index contributed by atoms with van der Waals surface area (Å²) < 4.78 is 6.23. The van der Waals surface area contributed by atoms with Crippen molar-refractivity contribution in [2.24, 2.45) is 0 Å². The predicted molar refractivity (Wildman–Crippen MR) is 137 cm³/mol. The number of aromatic nitrogens is 2. The van der Waals surface area contributed by atoms with Gasteiger partial charge in [-0.1, -0.05) is 28.8 Å². The Morgan fingerprint density at radius 2 is 1.73 bits per heavy atom. The molecule has 0 atom stereocenters. The van der Waals surface area contributed by atoms with Crippen molar-refractivity contribution in [3.63, 3.8) is 0 Å². The molecule has 0 saturated carbocycles. The van der Waals surface area contributed by atoms with Crippen LogP contribution >= 0.6 is 11.6 Å². The van der Waals surface area contributed by atoms with Crippen molar-refractivity contribution in [3.8, 4) is 17.1 Å². The molecular weight excluding hydrogens is 432 g/mol. The summed E-state index contributed by atoms with van der Waals surface area (Å²) in [5.74, 6) is 2.59. The number of hydrogen-bond acceptors (Lipinski definition) is 5. The van der Waals surface area contributed by atoms with Gasteiger partial charge < -0.3 is 15.4 Å². The van der Waals surface area contributed by atoms with E-state index in [2.05, 4.69) is 66.7 Å². The van der Waals surface area contributed by atoms with Crippen molar-refractivity contribution in [2.75, 3.05) is 18.4 Å². The fraction of sp³-hybridized carbons (Fsp3) is 0.407. The molecular formula is C27H33ClN4O. The minimum Gasteiger partial charge on any atom is -0.489 e. The Kier molecular flexibility index (Phi) is 7.20. The number of rotatable bonds is 6. The zero-order valence-corrected chi connectivity index (χ0v) is 20.9. The van der Waals surface area contributed by atoms with Crippen molar-refractivity contribution in [3.05, 3.63) is 63.8 Å². The maximum Gasteiger partial charge on any atom is 0.161 e. The standard InChI is InChI=1S/C27H33ClN4O/c1-16(2)33-25-14-22(20-6-8-29-9-7-20)19(5)13-24(25)31-27-23(28)15-30-26(32-27)21-11-17(3)10-18(4)12-21/h10-16,20,29H,6-9H2,1-5H3,(H,30,31,32). The molecule has 2 N–H and O–H groups in total. The van der Waals surface area contributed by atoms with E-state index >= 15 is 0 Å². The summed E-state index contributed by atoms with van der Waals surface area (Å²) in [6.07, 6.45) is 4.00. The summed E-state index contributed by atoms with van der Waals surface area (Å²) in [6.45, 7) is 12.5. The molecule has 0 bridgehead atoms. The molecule has 2 aromatic carbocycles. The van der Waals surface area contributed by atoms with Gasteiger partial charge in [0.05, 0.1) is 18.0 Å². The average Bonchev–Trinajstić information content (AvgIpc) is 2.76. The third-order valence-electron chi connectivity index (χ3n) is 5.99. The average molecular weight is 465 g/mol. The Bertz CT molecular complexity index is 1120. The van der Waals surface area contributed by atoms with Gasteiger partial charge in [0.25, 0.3) is 0 Å². The number of aryl methyl sites for hydroxylation is 3. The first-order valence-corrected chi connectivity index (χ1v) is 12.1. The molecule has 4 rings (SSSR count). The van der Waals surface area contributed by atoms with Gasteiger partial charge in [0, 0.05) is 5.56 Å². The highest BCUT2D eigenvalue weighted by Gasteiger charge is 2.21. The normalized spacial score (nSPS) is 14.5. The van der Waals surface area contributed by atoms with Crippen LogP contribution in [0.1, 0.15) is 54.9 Å². The molecule has 0 radical (unpaired) electrons. The van der Waals surface area contributed by atoms with Gasteiger partial charge in [-0.05, 0) is 102 Å². The van der Waals surface area contributed by atoms with E-state index in [1.54, 1.807) is 6.20 Å². The molecule has 1 aliphatic heterocycles. The van der Waals surface area contributed by atoms with Crippen molar-refractivity contribution in [2.45, 2.75) is 59.5 Å². The van der Waals surface area contributed by atoms with Gasteiger partial charge in [-0.2, -0.15) is 0 Å². The second kappa shape index (κ2) is 10.1. The lowest BCUT2D eigenvalue weighted by Crippen LogP contribution is -2.27. The molecule has 1 aliphatic rings. The largest absolute Gasteiger partial charge is 0.489 e. The summed E-state index contributed by atoms with van der Waals surface area (Å²) >= 11 is 6.51. The highest BCUT2D eigenvalue weighted by atomic mass is 35.5. The van der Waals surface area contributed by atoms with Crippen LogP contribution in [0.3, 0.4) is 0 Å². The number of ether oxygens (including phenoxy) is 1. The van der Waals surface area contributed by atoms with E-state index in [0.29, 0.717) is 22.6 Å². The molecule has 0 aliphatic carbocycles. The smallest absolute Gasteiger partial charge is 0.161 e. The second-order valence-electron chi connectivity index (χ2n) is 9.29. The second-order valence-corrected chi connectivity index (χ2v) is 9.69. The molecule has 1 fully saturated rings. The summed E-state index contributed by atoms with van der Waals surface area (Å²) in [5.41, 5.74) is 6.81. The van der Waals surface area contributed by atoms with E-state index in [-0.39, 0.29) is 6.10 Å². The minimum atomic E-state index is 0.0563. The summed E-state index contributed by atoms with van der Waals surface area (Å²) in [5, 5.41) is 7.36. The van der Waals surface area contributed by atoms with Crippen LogP contribution in [0.25, 0.3) is 11.4 Å². The zero-order chi connectivity index (χ0) is 23.5. The number of nitrogens with one attached hydrogen (secondary N) is 2. The highest BCUT2D eigenvalue weighted by molar-refractivity contribution is 6.33. The van der Waals surface area contributed by atoms with Crippen LogP contribution in [-0.2, 0) is 0 Å². The lowest BCUT2D eigenvalue weighted by atomic mass is 9.87. The van der Waals surface area contributed by atoms with Gasteiger partial charge in [-0.3, -0.25) is 0 Å². The minimum absolute atomic E-state index is 0.0563. The Morgan fingerprint density at radius 1 is 1.03 bits per heavy atom. The van der Waals surface area contributed by atoms with Gasteiger partial charge in [-0.15, -0.1) is 0 Å². The van der Waals surface area contributed by atoms with Crippen LogP contribution in [0.5, 0.6) is 5.75 Å². The molecule has 5 nitrogen and oxygen atoms in total. The maximum atomic E-state index is 6.51. The number of nitrogens with zero attached hydrogens (tertiary/aromatic N) is 2. The van der Waals surface area contributed by atoms with Crippen LogP contribution in [0.15, 0.2) is 36.5 Å². The number of piperidine rings is 1. The van der Waals surface area contributed by atoms with E-state index < -0.39 is 0 Å². The Labute approximate surface area is 202 Å². The fourth-order valence-electron chi connectivity index (χ4n) is 4.55. The maximum absolute atomic E-state index is 6.51. The van der Waals surface area contributed by atoms with E-state index in [4.69, 9.17) is 21.3 Å². The fourth-order valence-corrected chi connectivity index (χ4v) is 4.69. The quantitative estimate of drug-likeness (QED) is 0.424. The van der Waals surface area contributed by atoms with Crippen molar-refractivity contribution < 1.29 is 4.74 Å². The monoisotopic (exact) mass is 464 g/mol. The number of benzene rings is 2. The molecule has 1 saturated heterocycles. The predicted octanol–water partition coefficient (Wildman–Crippen LogP) is 6.72. The third-order valence-corrected chi connectivity index (χ3v) is 6.26. The molecule has 0 unspecified atom stereocenters. The Balaban J connectivity index is 1.71. The van der Waals surface area contributed by atoms with Gasteiger partial charge >= 0.3 is 0 Å². The van der Waals surface area contributed by atoms with Gasteiger partial charge in [0.1, 0.15) is 10.8 Å². The van der Waals surface area contributed by atoms with E-state index in [1.165, 1.54) is 22.3 Å². The van der Waals surface area contributed by atoms with Crippen LogP contribution < -0.4 is 15.4 Å². The van der Waals surface area contributed by atoms with Gasteiger partial charge in [0.15, 0.2) is 11.6 Å². The Hall–Kier alpha value is -2.63. The number of halogens is 1. The summed E-state index contributed by atoms with van der Waals surface area (Å²) in [7, 11) is 0. The molecule has 0 spiro atoms. The first kappa shape index (κ1) is 23.5. The molecule has 3 aromatic rings. The van der Waals surface area contributed by atoms with Gasteiger partial charge in [-0.25, -0.2) is 9.97 Å². The summed E-state index contributed by atoms with van der Waals surface area (Å²) in [4.78, 5) is 9.24. The van der Waals surface area contributed by atoms with Crippen LogP contribution in [-0.4, -0.2) is 29.2 Å². The summed E-state index contributed by atoms with van der Waals surface area (Å²) in [6, 6.07) is 10.7. The zero-order valence-electron chi connectivity index (χ0n) is 20.1. The van der Waals surface area contributed by atoms with Crippen LogP contribution in [0, 0.1) is 20.8 Å². The topological polar surface area (TPSA) is 59.1 Å². The molecule has 174 valence electrons. The molecule has 0 amide bonds. The first-order valence-electron chi connectivity index (χ1n) is 11.7. The van der Waals surface area contributed by atoms with Crippen LogP contribution in [0.4, 0.5) is 11.5 Å². The third kappa shape index (κ3) is 5.66. The molecule has 6 heteroatoms. The lowest BCUT2D eigenvalue weighted by molar-refractivity contribution is 0.243. The molecule has 33 heavy (non-hydrogen) atoms. The van der Waals surface area contributed by atoms with E-state index in [9.17, 15) is 0 Å². The van der Waals surface area contributed by atoms with Crippen molar-refractivity contribution in [1.82, 2.24) is 15.3 Å². The number of anilines is 2. The van der Waals surface area contributed by atoms with E-state index in [0.717, 1.165) is 42.9 Å². The lowest BCUT2D eigenvalue weighted by Gasteiger charge is -2.26. The molecule has 2 heterocycles. The Morgan fingerprint density at radius 3 is 2.39 bits per heavy atom. The van der Waals surface area contributed by atoms with Gasteiger partial charge in [0.2, 0.25) is 0 Å². The van der Waals surface area contributed by atoms with Crippen LogP contribution in [0.2, 0.25) is 5.02 Å².